The Hall–Kier alpha value is -1.36. The molecule has 5 heteroatoms. The highest BCUT2D eigenvalue weighted by Gasteiger charge is 2.17. The normalized spacial score (nSPS) is 11.1. The van der Waals surface area contributed by atoms with Gasteiger partial charge in [-0.1, -0.05) is 0 Å². The van der Waals surface area contributed by atoms with E-state index in [1.807, 2.05) is 0 Å². The minimum Gasteiger partial charge on any atom is -0.500 e. The summed E-state index contributed by atoms with van der Waals surface area (Å²) in [7, 11) is 1.44. The lowest BCUT2D eigenvalue weighted by molar-refractivity contribution is -0.135. The lowest BCUT2D eigenvalue weighted by Gasteiger charge is -2.01. The molecule has 0 bridgehead atoms. The molecular formula is C9H14O5. The van der Waals surface area contributed by atoms with Gasteiger partial charge < -0.3 is 14.6 Å². The van der Waals surface area contributed by atoms with E-state index in [-0.39, 0.29) is 18.6 Å². The van der Waals surface area contributed by atoms with E-state index in [1.165, 1.54) is 7.11 Å². The second kappa shape index (κ2) is 7.08. The van der Waals surface area contributed by atoms with Crippen LogP contribution < -0.4 is 0 Å². The number of carbonyl (C=O) groups is 2. The molecule has 0 unspecified atom stereocenters. The minimum atomic E-state index is -1.28. The van der Waals surface area contributed by atoms with Crippen LogP contribution >= 0.6 is 0 Å². The summed E-state index contributed by atoms with van der Waals surface area (Å²) in [6.07, 6.45) is 1.02. The summed E-state index contributed by atoms with van der Waals surface area (Å²) in [5.41, 5.74) is -0.344. The van der Waals surface area contributed by atoms with Gasteiger partial charge in [0.25, 0.3) is 0 Å². The van der Waals surface area contributed by atoms with Gasteiger partial charge in [0.2, 0.25) is 0 Å². The van der Waals surface area contributed by atoms with E-state index in [9.17, 15) is 9.59 Å². The number of carboxylic acid groups (broad SMARTS) is 1. The first-order chi connectivity index (χ1) is 6.63. The van der Waals surface area contributed by atoms with Crippen molar-refractivity contribution in [3.05, 3.63) is 11.8 Å². The summed E-state index contributed by atoms with van der Waals surface area (Å²) >= 11 is 0. The highest BCUT2D eigenvalue weighted by atomic mass is 16.5. The minimum absolute atomic E-state index is 0.0434. The van der Waals surface area contributed by atoms with Gasteiger partial charge in [-0.3, -0.25) is 4.79 Å². The van der Waals surface area contributed by atoms with Crippen molar-refractivity contribution in [2.75, 3.05) is 20.3 Å². The molecule has 0 aromatic heterocycles. The number of carbonyl (C=O) groups excluding carboxylic acids is 1. The number of hydrogen-bond acceptors (Lipinski definition) is 4. The van der Waals surface area contributed by atoms with Gasteiger partial charge in [-0.2, -0.15) is 0 Å². The highest BCUT2D eigenvalue weighted by molar-refractivity contribution is 6.16. The van der Waals surface area contributed by atoms with Crippen molar-refractivity contribution in [1.82, 2.24) is 0 Å². The average Bonchev–Trinajstić information content (AvgIpc) is 2.14. The van der Waals surface area contributed by atoms with Gasteiger partial charge in [0, 0.05) is 13.5 Å². The zero-order valence-electron chi connectivity index (χ0n) is 8.28. The van der Waals surface area contributed by atoms with Crippen LogP contribution in [0.5, 0.6) is 0 Å². The van der Waals surface area contributed by atoms with Crippen LogP contribution in [0.1, 0.15) is 13.3 Å². The third-order valence-corrected chi connectivity index (χ3v) is 1.43. The lowest BCUT2D eigenvalue weighted by atomic mass is 10.1. The molecule has 0 rings (SSSR count). The second-order valence-corrected chi connectivity index (χ2v) is 2.46. The van der Waals surface area contributed by atoms with Gasteiger partial charge >= 0.3 is 5.97 Å². The van der Waals surface area contributed by atoms with Crippen LogP contribution in [0.4, 0.5) is 0 Å². The highest BCUT2D eigenvalue weighted by Crippen LogP contribution is 2.01. The zero-order valence-corrected chi connectivity index (χ0v) is 8.28. The molecule has 0 amide bonds. The quantitative estimate of drug-likeness (QED) is 0.283. The number of carboxylic acids is 1. The lowest BCUT2D eigenvalue weighted by Crippen LogP contribution is -2.14. The molecule has 0 aromatic rings. The average molecular weight is 202 g/mol. The van der Waals surface area contributed by atoms with E-state index in [0.29, 0.717) is 6.61 Å². The Morgan fingerprint density at radius 3 is 2.50 bits per heavy atom. The Labute approximate surface area is 82.3 Å². The number of Topliss-reactive ketones (excluding diaryl/α,β-unsaturated/α-hetero) is 1. The Balaban J connectivity index is 4.34. The molecule has 14 heavy (non-hydrogen) atoms. The number of aliphatic carboxylic acids is 1. The summed E-state index contributed by atoms with van der Waals surface area (Å²) in [4.78, 5) is 21.8. The van der Waals surface area contributed by atoms with Crippen LogP contribution in [-0.4, -0.2) is 37.2 Å². The van der Waals surface area contributed by atoms with Crippen LogP contribution in [0.25, 0.3) is 0 Å². The van der Waals surface area contributed by atoms with E-state index >= 15 is 0 Å². The smallest absolute Gasteiger partial charge is 0.342 e. The number of hydrogen-bond donors (Lipinski definition) is 1. The molecule has 0 saturated carbocycles. The molecule has 0 fully saturated rings. The van der Waals surface area contributed by atoms with E-state index < -0.39 is 11.8 Å². The molecule has 0 atom stereocenters. The van der Waals surface area contributed by atoms with Gasteiger partial charge in [-0.15, -0.1) is 0 Å². The van der Waals surface area contributed by atoms with Crippen molar-refractivity contribution >= 4 is 11.8 Å². The van der Waals surface area contributed by atoms with Crippen molar-refractivity contribution in [2.24, 2.45) is 0 Å². The van der Waals surface area contributed by atoms with Gasteiger partial charge in [0.05, 0.1) is 13.2 Å². The predicted molar refractivity (Wildman–Crippen MR) is 48.8 cm³/mol. The Kier molecular flexibility index (Phi) is 6.39. The molecule has 0 heterocycles. The van der Waals surface area contributed by atoms with Crippen molar-refractivity contribution in [3.63, 3.8) is 0 Å². The topological polar surface area (TPSA) is 72.8 Å². The summed E-state index contributed by atoms with van der Waals surface area (Å²) in [6, 6.07) is 0. The maximum atomic E-state index is 11.2. The fourth-order valence-corrected chi connectivity index (χ4v) is 0.731. The molecule has 0 aliphatic carbocycles. The van der Waals surface area contributed by atoms with Crippen LogP contribution in [0, 0.1) is 0 Å². The number of ketones is 1. The number of methoxy groups -OCH3 is 1. The molecule has 1 N–H and O–H groups in total. The summed E-state index contributed by atoms with van der Waals surface area (Å²) in [5.74, 6) is -1.77. The fraction of sp³-hybridized carbons (Fsp3) is 0.556. The third kappa shape index (κ3) is 4.61. The molecule has 0 radical (unpaired) electrons. The second-order valence-electron chi connectivity index (χ2n) is 2.46. The Bertz CT molecular complexity index is 231. The van der Waals surface area contributed by atoms with Gasteiger partial charge in [0.1, 0.15) is 11.8 Å². The predicted octanol–water partition coefficient (Wildman–Crippen LogP) is 0.597. The first kappa shape index (κ1) is 12.6. The standard InChI is InChI=1S/C9H14O5/c1-3-14-6-7(9(11)12)8(10)4-5-13-2/h6H,3-5H2,1-2H3,(H,11,12)/b7-6+. The molecule has 0 spiro atoms. The maximum absolute atomic E-state index is 11.2. The van der Waals surface area contributed by atoms with E-state index in [1.54, 1.807) is 6.92 Å². The van der Waals surface area contributed by atoms with Crippen LogP contribution in [0.15, 0.2) is 11.8 Å². The van der Waals surface area contributed by atoms with Gasteiger partial charge in [-0.05, 0) is 6.92 Å². The van der Waals surface area contributed by atoms with Gasteiger partial charge in [-0.25, -0.2) is 4.79 Å². The van der Waals surface area contributed by atoms with Crippen LogP contribution in [0.3, 0.4) is 0 Å². The van der Waals surface area contributed by atoms with Crippen molar-refractivity contribution in [1.29, 1.82) is 0 Å². The summed E-state index contributed by atoms with van der Waals surface area (Å²) < 4.78 is 9.42. The van der Waals surface area contributed by atoms with E-state index in [0.717, 1.165) is 6.26 Å². The van der Waals surface area contributed by atoms with E-state index in [2.05, 4.69) is 4.74 Å². The van der Waals surface area contributed by atoms with E-state index in [4.69, 9.17) is 9.84 Å². The largest absolute Gasteiger partial charge is 0.500 e. The molecule has 0 aromatic carbocycles. The first-order valence-electron chi connectivity index (χ1n) is 4.20. The summed E-state index contributed by atoms with van der Waals surface area (Å²) in [6.45, 7) is 2.24. The van der Waals surface area contributed by atoms with Crippen molar-refractivity contribution < 1.29 is 24.2 Å². The molecule has 0 aliphatic heterocycles. The molecule has 0 saturated heterocycles. The molecule has 5 nitrogen and oxygen atoms in total. The summed E-state index contributed by atoms with van der Waals surface area (Å²) in [5, 5.41) is 8.66. The third-order valence-electron chi connectivity index (χ3n) is 1.43. The number of rotatable bonds is 7. The number of ether oxygens (including phenoxy) is 2. The SMILES string of the molecule is CCO/C=C(/C(=O)O)C(=O)CCOC. The zero-order chi connectivity index (χ0) is 11.0. The molecule has 0 aliphatic rings. The van der Waals surface area contributed by atoms with Crippen LogP contribution in [0.2, 0.25) is 0 Å². The first-order valence-corrected chi connectivity index (χ1v) is 4.20. The van der Waals surface area contributed by atoms with Crippen molar-refractivity contribution in [3.8, 4) is 0 Å². The van der Waals surface area contributed by atoms with Gasteiger partial charge in [0.15, 0.2) is 5.78 Å². The maximum Gasteiger partial charge on any atom is 0.342 e. The fourth-order valence-electron chi connectivity index (χ4n) is 0.731. The molecule has 80 valence electrons. The van der Waals surface area contributed by atoms with Crippen LogP contribution in [-0.2, 0) is 19.1 Å². The monoisotopic (exact) mass is 202 g/mol. The molecular weight excluding hydrogens is 188 g/mol. The Morgan fingerprint density at radius 2 is 2.07 bits per heavy atom. The Morgan fingerprint density at radius 1 is 1.43 bits per heavy atom. The van der Waals surface area contributed by atoms with Crippen molar-refractivity contribution in [2.45, 2.75) is 13.3 Å².